The number of ether oxygens (including phenoxy) is 1. The number of carboxylic acids is 1. The van der Waals surface area contributed by atoms with E-state index in [1.54, 1.807) is 0 Å². The van der Waals surface area contributed by atoms with Crippen molar-refractivity contribution < 1.29 is 24.4 Å². The van der Waals surface area contributed by atoms with Crippen molar-refractivity contribution in [2.75, 3.05) is 6.61 Å². The number of carbonyl (C=O) groups is 2. The van der Waals surface area contributed by atoms with Crippen LogP contribution >= 0.6 is 23.2 Å². The second-order valence-corrected chi connectivity index (χ2v) is 4.71. The second-order valence-electron chi connectivity index (χ2n) is 3.89. The molecule has 0 radical (unpaired) electrons. The molecule has 1 amide bonds. The van der Waals surface area contributed by atoms with E-state index in [0.29, 0.717) is 0 Å². The number of rotatable bonds is 6. The first-order valence-corrected chi connectivity index (χ1v) is 6.24. The SMILES string of the molecule is CC(=O)NC(COc1cc(Cl)c(Cl)cc1[N+](=O)[O-])C(=O)O. The van der Waals surface area contributed by atoms with Crippen molar-refractivity contribution in [2.45, 2.75) is 13.0 Å². The molecule has 0 aliphatic rings. The number of nitro benzene ring substituents is 1. The summed E-state index contributed by atoms with van der Waals surface area (Å²) in [6.07, 6.45) is 0. The third-order valence-corrected chi connectivity index (χ3v) is 3.00. The summed E-state index contributed by atoms with van der Waals surface area (Å²) < 4.78 is 5.08. The van der Waals surface area contributed by atoms with Crippen LogP contribution in [-0.4, -0.2) is 34.6 Å². The van der Waals surface area contributed by atoms with E-state index in [0.717, 1.165) is 19.1 Å². The predicted octanol–water partition coefficient (Wildman–Crippen LogP) is 1.87. The number of carbonyl (C=O) groups excluding carboxylic acids is 1. The molecule has 0 aromatic heterocycles. The van der Waals surface area contributed by atoms with Crippen molar-refractivity contribution in [2.24, 2.45) is 0 Å². The number of nitrogens with one attached hydrogen (secondary N) is 1. The average molecular weight is 337 g/mol. The normalized spacial score (nSPS) is 11.6. The molecular weight excluding hydrogens is 327 g/mol. The van der Waals surface area contributed by atoms with Crippen molar-refractivity contribution in [3.05, 3.63) is 32.3 Å². The number of aliphatic carboxylic acids is 1. The van der Waals surface area contributed by atoms with Crippen LogP contribution < -0.4 is 10.1 Å². The van der Waals surface area contributed by atoms with Crippen LogP contribution in [0, 0.1) is 10.1 Å². The Balaban J connectivity index is 2.96. The zero-order valence-electron chi connectivity index (χ0n) is 10.6. The van der Waals surface area contributed by atoms with E-state index in [1.807, 2.05) is 0 Å². The van der Waals surface area contributed by atoms with E-state index in [2.05, 4.69) is 5.32 Å². The summed E-state index contributed by atoms with van der Waals surface area (Å²) in [5.74, 6) is -2.16. The van der Waals surface area contributed by atoms with Gasteiger partial charge in [-0.3, -0.25) is 14.9 Å². The molecule has 1 unspecified atom stereocenters. The number of nitrogens with zero attached hydrogens (tertiary/aromatic N) is 1. The van der Waals surface area contributed by atoms with E-state index in [9.17, 15) is 19.7 Å². The van der Waals surface area contributed by atoms with Crippen LogP contribution in [0.2, 0.25) is 10.0 Å². The highest BCUT2D eigenvalue weighted by molar-refractivity contribution is 6.42. The van der Waals surface area contributed by atoms with Gasteiger partial charge in [0.25, 0.3) is 0 Å². The van der Waals surface area contributed by atoms with Crippen LogP contribution in [0.25, 0.3) is 0 Å². The second kappa shape index (κ2) is 7.09. The molecule has 21 heavy (non-hydrogen) atoms. The van der Waals surface area contributed by atoms with Crippen LogP contribution in [0.4, 0.5) is 5.69 Å². The summed E-state index contributed by atoms with van der Waals surface area (Å²) in [7, 11) is 0. The third-order valence-electron chi connectivity index (χ3n) is 2.28. The van der Waals surface area contributed by atoms with Gasteiger partial charge >= 0.3 is 11.7 Å². The van der Waals surface area contributed by atoms with Crippen molar-refractivity contribution in [3.63, 3.8) is 0 Å². The molecule has 8 nitrogen and oxygen atoms in total. The lowest BCUT2D eigenvalue weighted by Crippen LogP contribution is -2.43. The first-order valence-electron chi connectivity index (χ1n) is 5.48. The van der Waals surface area contributed by atoms with Crippen molar-refractivity contribution >= 4 is 40.8 Å². The molecule has 1 rings (SSSR count). The number of hydrogen-bond donors (Lipinski definition) is 2. The summed E-state index contributed by atoms with van der Waals surface area (Å²) in [6, 6.07) is 0.749. The Kier molecular flexibility index (Phi) is 5.74. The fourth-order valence-corrected chi connectivity index (χ4v) is 1.68. The first-order chi connectivity index (χ1) is 9.72. The summed E-state index contributed by atoms with van der Waals surface area (Å²) >= 11 is 11.4. The minimum atomic E-state index is -1.35. The first kappa shape index (κ1) is 17.0. The summed E-state index contributed by atoms with van der Waals surface area (Å²) in [5.41, 5.74) is -0.462. The number of nitro groups is 1. The van der Waals surface area contributed by atoms with E-state index in [1.165, 1.54) is 0 Å². The molecule has 0 spiro atoms. The van der Waals surface area contributed by atoms with Gasteiger partial charge in [0.05, 0.1) is 15.0 Å². The quantitative estimate of drug-likeness (QED) is 0.604. The van der Waals surface area contributed by atoms with Crippen molar-refractivity contribution in [1.82, 2.24) is 5.32 Å². The van der Waals surface area contributed by atoms with Gasteiger partial charge in [0.1, 0.15) is 6.61 Å². The Morgan fingerprint density at radius 3 is 2.48 bits per heavy atom. The number of hydrogen-bond acceptors (Lipinski definition) is 5. The number of benzene rings is 1. The standard InChI is InChI=1S/C11H10Cl2N2O6/c1-5(16)14-8(11(17)18)4-21-10-3-7(13)6(12)2-9(10)15(19)20/h2-3,8H,4H2,1H3,(H,14,16)(H,17,18). The Labute approximate surface area is 128 Å². The molecule has 2 N–H and O–H groups in total. The fourth-order valence-electron chi connectivity index (χ4n) is 1.37. The van der Waals surface area contributed by atoms with Gasteiger partial charge in [0, 0.05) is 19.1 Å². The maximum atomic E-state index is 10.9. The molecule has 0 heterocycles. The molecule has 1 aromatic carbocycles. The maximum Gasteiger partial charge on any atom is 0.329 e. The monoisotopic (exact) mass is 336 g/mol. The Morgan fingerprint density at radius 2 is 2.00 bits per heavy atom. The Hall–Kier alpha value is -2.06. The molecule has 0 saturated heterocycles. The summed E-state index contributed by atoms with van der Waals surface area (Å²) in [4.78, 5) is 31.9. The number of amides is 1. The molecule has 10 heteroatoms. The Bertz CT molecular complexity index is 592. The molecule has 1 aromatic rings. The van der Waals surface area contributed by atoms with Gasteiger partial charge < -0.3 is 15.2 Å². The molecule has 0 fully saturated rings. The van der Waals surface area contributed by atoms with Crippen molar-refractivity contribution in [1.29, 1.82) is 0 Å². The zero-order valence-corrected chi connectivity index (χ0v) is 12.1. The van der Waals surface area contributed by atoms with E-state index >= 15 is 0 Å². The maximum absolute atomic E-state index is 10.9. The lowest BCUT2D eigenvalue weighted by Gasteiger charge is -2.14. The van der Waals surface area contributed by atoms with Gasteiger partial charge in [-0.05, 0) is 0 Å². The molecule has 0 bridgehead atoms. The van der Waals surface area contributed by atoms with Gasteiger partial charge in [0.2, 0.25) is 5.91 Å². The molecule has 0 saturated carbocycles. The van der Waals surface area contributed by atoms with Gasteiger partial charge in [-0.2, -0.15) is 0 Å². The summed E-state index contributed by atoms with van der Waals surface area (Å²) in [5, 5.41) is 21.9. The van der Waals surface area contributed by atoms with Gasteiger partial charge in [0.15, 0.2) is 11.8 Å². The summed E-state index contributed by atoms with van der Waals surface area (Å²) in [6.45, 7) is 0.630. The van der Waals surface area contributed by atoms with Crippen LogP contribution in [0.1, 0.15) is 6.92 Å². The largest absolute Gasteiger partial charge is 0.484 e. The third kappa shape index (κ3) is 4.76. The highest BCUT2D eigenvalue weighted by Crippen LogP contribution is 2.35. The van der Waals surface area contributed by atoms with Gasteiger partial charge in [-0.1, -0.05) is 23.2 Å². The topological polar surface area (TPSA) is 119 Å². The van der Waals surface area contributed by atoms with Crippen LogP contribution in [0.3, 0.4) is 0 Å². The molecule has 1 atom stereocenters. The van der Waals surface area contributed by atoms with Crippen LogP contribution in [-0.2, 0) is 9.59 Å². The van der Waals surface area contributed by atoms with Crippen molar-refractivity contribution in [3.8, 4) is 5.75 Å². The number of halogens is 2. The lowest BCUT2D eigenvalue weighted by atomic mass is 10.3. The van der Waals surface area contributed by atoms with Crippen LogP contribution in [0.5, 0.6) is 5.75 Å². The average Bonchev–Trinajstić information content (AvgIpc) is 2.36. The highest BCUT2D eigenvalue weighted by Gasteiger charge is 2.23. The fraction of sp³-hybridized carbons (Fsp3) is 0.273. The highest BCUT2D eigenvalue weighted by atomic mass is 35.5. The molecular formula is C11H10Cl2N2O6. The zero-order chi connectivity index (χ0) is 16.2. The number of carboxylic acid groups (broad SMARTS) is 1. The smallest absolute Gasteiger partial charge is 0.329 e. The minimum absolute atomic E-state index is 0.0173. The van der Waals surface area contributed by atoms with Gasteiger partial charge in [-0.15, -0.1) is 0 Å². The molecule has 114 valence electrons. The Morgan fingerprint density at radius 1 is 1.43 bits per heavy atom. The van der Waals surface area contributed by atoms with E-state index in [-0.39, 0.29) is 15.8 Å². The van der Waals surface area contributed by atoms with Crippen LogP contribution in [0.15, 0.2) is 12.1 Å². The van der Waals surface area contributed by atoms with E-state index in [4.69, 9.17) is 33.0 Å². The van der Waals surface area contributed by atoms with Gasteiger partial charge in [-0.25, -0.2) is 4.79 Å². The molecule has 0 aliphatic heterocycles. The minimum Gasteiger partial charge on any atom is -0.484 e. The predicted molar refractivity (Wildman–Crippen MR) is 73.9 cm³/mol. The molecule has 0 aliphatic carbocycles. The lowest BCUT2D eigenvalue weighted by molar-refractivity contribution is -0.385. The van der Waals surface area contributed by atoms with E-state index < -0.39 is 35.1 Å².